The van der Waals surface area contributed by atoms with Gasteiger partial charge < -0.3 is 30.2 Å². The largest absolute Gasteiger partial charge is 0.493 e. The number of carbonyl (C=O) groups excluding carboxylic acids is 3. The quantitative estimate of drug-likeness (QED) is 0.535. The normalized spacial score (nSPS) is 15.3. The number of para-hydroxylation sites is 2. The van der Waals surface area contributed by atoms with Crippen molar-refractivity contribution in [2.45, 2.75) is 19.3 Å². The van der Waals surface area contributed by atoms with Crippen LogP contribution in [0.1, 0.15) is 18.4 Å². The lowest BCUT2D eigenvalue weighted by Crippen LogP contribution is -2.30. The molecule has 0 radical (unpaired) electrons. The van der Waals surface area contributed by atoms with Gasteiger partial charge >= 0.3 is 0 Å². The zero-order valence-electron chi connectivity index (χ0n) is 18.8. The minimum absolute atomic E-state index is 0.0541. The van der Waals surface area contributed by atoms with Crippen LogP contribution in [-0.2, 0) is 20.8 Å². The molecule has 0 bridgehead atoms. The van der Waals surface area contributed by atoms with Crippen molar-refractivity contribution in [1.29, 1.82) is 0 Å². The monoisotopic (exact) mass is 455 g/mol. The van der Waals surface area contributed by atoms with Gasteiger partial charge in [0.05, 0.1) is 38.9 Å². The number of nitrogens with zero attached hydrogens (tertiary/aromatic N) is 1. The minimum atomic E-state index is -0.464. The van der Waals surface area contributed by atoms with Crippen molar-refractivity contribution < 1.29 is 28.6 Å². The number of hydrogen-bond acceptors (Lipinski definition) is 6. The van der Waals surface area contributed by atoms with Crippen molar-refractivity contribution in [2.75, 3.05) is 39.2 Å². The van der Waals surface area contributed by atoms with Gasteiger partial charge in [0.25, 0.3) is 0 Å². The SMILES string of the molecule is COc1ccc(CCN2CC(C(=O)Nc3ccccc3OCCC(N)=O)CC2=O)cc1OC. The number of nitrogens with two attached hydrogens (primary N) is 1. The molecular formula is C24H29N3O6. The van der Waals surface area contributed by atoms with Gasteiger partial charge in [-0.15, -0.1) is 0 Å². The number of carbonyl (C=O) groups is 3. The van der Waals surface area contributed by atoms with E-state index < -0.39 is 11.8 Å². The van der Waals surface area contributed by atoms with Crippen LogP contribution in [-0.4, -0.2) is 56.5 Å². The number of amides is 3. The van der Waals surface area contributed by atoms with E-state index in [4.69, 9.17) is 19.9 Å². The number of ether oxygens (including phenoxy) is 3. The second-order valence-electron chi connectivity index (χ2n) is 7.73. The van der Waals surface area contributed by atoms with Crippen LogP contribution in [0.4, 0.5) is 5.69 Å². The fourth-order valence-corrected chi connectivity index (χ4v) is 3.66. The molecule has 33 heavy (non-hydrogen) atoms. The molecule has 0 aromatic heterocycles. The van der Waals surface area contributed by atoms with E-state index in [-0.39, 0.29) is 31.3 Å². The molecule has 1 aliphatic rings. The number of primary amides is 1. The highest BCUT2D eigenvalue weighted by molar-refractivity contribution is 5.98. The molecule has 3 amide bonds. The van der Waals surface area contributed by atoms with Crippen LogP contribution in [0, 0.1) is 5.92 Å². The minimum Gasteiger partial charge on any atom is -0.493 e. The van der Waals surface area contributed by atoms with Gasteiger partial charge in [0.15, 0.2) is 11.5 Å². The highest BCUT2D eigenvalue weighted by atomic mass is 16.5. The summed E-state index contributed by atoms with van der Waals surface area (Å²) >= 11 is 0. The average Bonchev–Trinajstić information content (AvgIpc) is 3.19. The Morgan fingerprint density at radius 1 is 1.09 bits per heavy atom. The summed E-state index contributed by atoms with van der Waals surface area (Å²) in [6.07, 6.45) is 0.869. The van der Waals surface area contributed by atoms with E-state index in [0.29, 0.717) is 42.4 Å². The first-order chi connectivity index (χ1) is 15.9. The molecule has 1 atom stereocenters. The van der Waals surface area contributed by atoms with Gasteiger partial charge in [-0.2, -0.15) is 0 Å². The summed E-state index contributed by atoms with van der Waals surface area (Å²) in [6, 6.07) is 12.6. The maximum Gasteiger partial charge on any atom is 0.229 e. The number of anilines is 1. The van der Waals surface area contributed by atoms with Crippen molar-refractivity contribution in [2.24, 2.45) is 11.7 Å². The molecule has 1 fully saturated rings. The Morgan fingerprint density at radius 2 is 1.85 bits per heavy atom. The highest BCUT2D eigenvalue weighted by Gasteiger charge is 2.34. The lowest BCUT2D eigenvalue weighted by atomic mass is 10.1. The predicted octanol–water partition coefficient (Wildman–Crippen LogP) is 1.99. The lowest BCUT2D eigenvalue weighted by molar-refractivity contribution is -0.128. The van der Waals surface area contributed by atoms with Crippen molar-refractivity contribution >= 4 is 23.4 Å². The summed E-state index contributed by atoms with van der Waals surface area (Å²) < 4.78 is 16.1. The molecule has 3 rings (SSSR count). The zero-order chi connectivity index (χ0) is 23.8. The average molecular weight is 456 g/mol. The molecule has 0 spiro atoms. The van der Waals surface area contributed by atoms with Crippen LogP contribution < -0.4 is 25.3 Å². The Hall–Kier alpha value is -3.75. The Morgan fingerprint density at radius 3 is 2.58 bits per heavy atom. The molecule has 176 valence electrons. The second kappa shape index (κ2) is 11.2. The summed E-state index contributed by atoms with van der Waals surface area (Å²) in [5, 5.41) is 2.84. The number of rotatable bonds is 11. The van der Waals surface area contributed by atoms with E-state index in [2.05, 4.69) is 5.32 Å². The molecule has 0 saturated carbocycles. The van der Waals surface area contributed by atoms with Crippen molar-refractivity contribution in [3.05, 3.63) is 48.0 Å². The maximum atomic E-state index is 12.8. The van der Waals surface area contributed by atoms with Gasteiger partial charge in [-0.25, -0.2) is 0 Å². The Balaban J connectivity index is 1.56. The standard InChI is InChI=1S/C24H29N3O6/c1-31-20-8-7-16(13-21(20)32-2)9-11-27-15-17(14-23(27)29)24(30)26-18-5-3-4-6-19(18)33-12-10-22(25)28/h3-8,13,17H,9-12,14-15H2,1-2H3,(H2,25,28)(H,26,30). The molecule has 1 aliphatic heterocycles. The molecule has 2 aromatic carbocycles. The number of likely N-dealkylation sites (tertiary alicyclic amines) is 1. The molecule has 0 aliphatic carbocycles. The van der Waals surface area contributed by atoms with E-state index in [0.717, 1.165) is 5.56 Å². The van der Waals surface area contributed by atoms with Gasteiger partial charge in [-0.3, -0.25) is 14.4 Å². The number of benzene rings is 2. The van der Waals surface area contributed by atoms with Gasteiger partial charge in [-0.05, 0) is 36.2 Å². The number of hydrogen-bond donors (Lipinski definition) is 2. The molecule has 1 heterocycles. The Kier molecular flexibility index (Phi) is 8.12. The first-order valence-corrected chi connectivity index (χ1v) is 10.7. The van der Waals surface area contributed by atoms with Gasteiger partial charge in [0.1, 0.15) is 5.75 Å². The van der Waals surface area contributed by atoms with Crippen LogP contribution in [0.2, 0.25) is 0 Å². The number of methoxy groups -OCH3 is 2. The van der Waals surface area contributed by atoms with Crippen LogP contribution >= 0.6 is 0 Å². The highest BCUT2D eigenvalue weighted by Crippen LogP contribution is 2.29. The van der Waals surface area contributed by atoms with Crippen LogP contribution in [0.5, 0.6) is 17.2 Å². The van der Waals surface area contributed by atoms with E-state index in [1.165, 1.54) is 0 Å². The third-order valence-electron chi connectivity index (χ3n) is 5.45. The molecule has 9 heteroatoms. The van der Waals surface area contributed by atoms with E-state index in [1.54, 1.807) is 43.4 Å². The molecule has 1 unspecified atom stereocenters. The predicted molar refractivity (Wildman–Crippen MR) is 122 cm³/mol. The van der Waals surface area contributed by atoms with Gasteiger partial charge in [0, 0.05) is 19.5 Å². The van der Waals surface area contributed by atoms with Crippen LogP contribution in [0.3, 0.4) is 0 Å². The van der Waals surface area contributed by atoms with E-state index in [1.807, 2.05) is 18.2 Å². The second-order valence-corrected chi connectivity index (χ2v) is 7.73. The van der Waals surface area contributed by atoms with E-state index in [9.17, 15) is 14.4 Å². The Labute approximate surface area is 192 Å². The summed E-state index contributed by atoms with van der Waals surface area (Å²) in [4.78, 5) is 37.9. The zero-order valence-corrected chi connectivity index (χ0v) is 18.8. The summed E-state index contributed by atoms with van der Waals surface area (Å²) in [5.74, 6) is 0.507. The smallest absolute Gasteiger partial charge is 0.229 e. The molecular weight excluding hydrogens is 426 g/mol. The Bertz CT molecular complexity index is 1010. The fraction of sp³-hybridized carbons (Fsp3) is 0.375. The molecule has 9 nitrogen and oxygen atoms in total. The maximum absolute atomic E-state index is 12.8. The summed E-state index contributed by atoms with van der Waals surface area (Å²) in [5.41, 5.74) is 6.63. The first-order valence-electron chi connectivity index (χ1n) is 10.7. The summed E-state index contributed by atoms with van der Waals surface area (Å²) in [6.45, 7) is 0.974. The number of nitrogens with one attached hydrogen (secondary N) is 1. The molecule has 1 saturated heterocycles. The third-order valence-corrected chi connectivity index (χ3v) is 5.45. The summed E-state index contributed by atoms with van der Waals surface area (Å²) in [7, 11) is 3.16. The van der Waals surface area contributed by atoms with E-state index >= 15 is 0 Å². The van der Waals surface area contributed by atoms with Crippen molar-refractivity contribution in [3.63, 3.8) is 0 Å². The van der Waals surface area contributed by atoms with Crippen molar-refractivity contribution in [3.8, 4) is 17.2 Å². The molecule has 3 N–H and O–H groups in total. The lowest BCUT2D eigenvalue weighted by Gasteiger charge is -2.18. The fourth-order valence-electron chi connectivity index (χ4n) is 3.66. The van der Waals surface area contributed by atoms with Crippen molar-refractivity contribution in [1.82, 2.24) is 4.90 Å². The third kappa shape index (κ3) is 6.38. The topological polar surface area (TPSA) is 120 Å². The van der Waals surface area contributed by atoms with Crippen LogP contribution in [0.15, 0.2) is 42.5 Å². The molecule has 2 aromatic rings. The van der Waals surface area contributed by atoms with Gasteiger partial charge in [-0.1, -0.05) is 18.2 Å². The van der Waals surface area contributed by atoms with Gasteiger partial charge in [0.2, 0.25) is 17.7 Å². The van der Waals surface area contributed by atoms with Crippen LogP contribution in [0.25, 0.3) is 0 Å². The first kappa shape index (κ1) is 23.9.